The summed E-state index contributed by atoms with van der Waals surface area (Å²) in [5.74, 6) is 0. The quantitative estimate of drug-likeness (QED) is 0.142. The van der Waals surface area contributed by atoms with Gasteiger partial charge >= 0.3 is 0 Å². The topological polar surface area (TPSA) is 120 Å². The number of hydrogen-bond acceptors (Lipinski definition) is 6. The van der Waals surface area contributed by atoms with E-state index in [0.717, 1.165) is 11.1 Å². The minimum atomic E-state index is -4.11. The fraction of sp³-hybridized carbons (Fsp3) is 0.125. The molecule has 0 amide bonds. The summed E-state index contributed by atoms with van der Waals surface area (Å²) in [5.41, 5.74) is 3.12. The third-order valence-electron chi connectivity index (χ3n) is 6.69. The monoisotopic (exact) mass is 568 g/mol. The molecule has 0 saturated heterocycles. The van der Waals surface area contributed by atoms with Crippen LogP contribution in [-0.2, 0) is 9.84 Å². The van der Waals surface area contributed by atoms with Gasteiger partial charge in [-0.3, -0.25) is 20.2 Å². The zero-order valence-corrected chi connectivity index (χ0v) is 23.3. The molecular formula is C32H28N2O6S. The Morgan fingerprint density at radius 1 is 0.585 bits per heavy atom. The molecule has 0 aliphatic carbocycles. The predicted octanol–water partition coefficient (Wildman–Crippen LogP) is 7.74. The highest BCUT2D eigenvalue weighted by Crippen LogP contribution is 2.38. The molecule has 4 rings (SSSR count). The Morgan fingerprint density at radius 2 is 0.927 bits per heavy atom. The molecule has 41 heavy (non-hydrogen) atoms. The van der Waals surface area contributed by atoms with Gasteiger partial charge in [0.2, 0.25) is 0 Å². The first kappa shape index (κ1) is 29.1. The van der Waals surface area contributed by atoms with Gasteiger partial charge < -0.3 is 0 Å². The van der Waals surface area contributed by atoms with Crippen molar-refractivity contribution in [1.82, 2.24) is 0 Å². The Morgan fingerprint density at radius 3 is 1.27 bits per heavy atom. The molecule has 2 atom stereocenters. The SMILES string of the molecule is Cc1ccc(C(/C=C/c2ccccc2[N+](=O)[O-])S(=O)(=O)C(/C=C/c2ccccc2[N+](=O)[O-])c2ccc(C)cc2)cc1. The van der Waals surface area contributed by atoms with Crippen LogP contribution in [0.3, 0.4) is 0 Å². The van der Waals surface area contributed by atoms with Crippen LogP contribution < -0.4 is 0 Å². The van der Waals surface area contributed by atoms with E-state index in [1.54, 1.807) is 84.9 Å². The molecule has 0 bridgehead atoms. The number of nitrogens with zero attached hydrogens (tertiary/aromatic N) is 2. The van der Waals surface area contributed by atoms with E-state index in [-0.39, 0.29) is 22.5 Å². The van der Waals surface area contributed by atoms with E-state index >= 15 is 0 Å². The molecule has 0 N–H and O–H groups in total. The van der Waals surface area contributed by atoms with Crippen molar-refractivity contribution >= 4 is 33.4 Å². The zero-order chi connectivity index (χ0) is 29.6. The van der Waals surface area contributed by atoms with Gasteiger partial charge in [0.25, 0.3) is 11.4 Å². The Labute approximate surface area is 238 Å². The van der Waals surface area contributed by atoms with Crippen LogP contribution in [0.5, 0.6) is 0 Å². The molecular weight excluding hydrogens is 540 g/mol. The first-order chi connectivity index (χ1) is 19.6. The highest BCUT2D eigenvalue weighted by Gasteiger charge is 2.34. The maximum Gasteiger partial charge on any atom is 0.276 e. The number of nitro groups is 2. The van der Waals surface area contributed by atoms with E-state index in [1.807, 2.05) is 13.8 Å². The van der Waals surface area contributed by atoms with E-state index in [4.69, 9.17) is 0 Å². The molecule has 0 aromatic heterocycles. The number of para-hydroxylation sites is 2. The van der Waals surface area contributed by atoms with E-state index < -0.39 is 30.2 Å². The second-order valence-electron chi connectivity index (χ2n) is 9.60. The molecule has 0 spiro atoms. The Hall–Kier alpha value is -4.89. The zero-order valence-electron chi connectivity index (χ0n) is 22.5. The summed E-state index contributed by atoms with van der Waals surface area (Å²) in [7, 11) is -4.11. The first-order valence-electron chi connectivity index (χ1n) is 12.8. The largest absolute Gasteiger partial charge is 0.276 e. The lowest BCUT2D eigenvalue weighted by molar-refractivity contribution is -0.385. The van der Waals surface area contributed by atoms with Crippen molar-refractivity contribution in [3.05, 3.63) is 163 Å². The van der Waals surface area contributed by atoms with Crippen molar-refractivity contribution in [3.8, 4) is 0 Å². The predicted molar refractivity (Wildman–Crippen MR) is 161 cm³/mol. The molecule has 0 aliphatic heterocycles. The van der Waals surface area contributed by atoms with E-state index in [9.17, 15) is 28.6 Å². The van der Waals surface area contributed by atoms with Gasteiger partial charge in [0.1, 0.15) is 10.5 Å². The molecule has 0 saturated carbocycles. The molecule has 0 fully saturated rings. The molecule has 2 unspecified atom stereocenters. The van der Waals surface area contributed by atoms with Crippen molar-refractivity contribution in [3.63, 3.8) is 0 Å². The molecule has 0 radical (unpaired) electrons. The van der Waals surface area contributed by atoms with Crippen LogP contribution in [0.1, 0.15) is 43.9 Å². The van der Waals surface area contributed by atoms with Gasteiger partial charge in [0.15, 0.2) is 9.84 Å². The van der Waals surface area contributed by atoms with E-state index in [0.29, 0.717) is 11.1 Å². The van der Waals surface area contributed by atoms with Crippen LogP contribution in [0.2, 0.25) is 0 Å². The van der Waals surface area contributed by atoms with E-state index in [1.165, 1.54) is 36.4 Å². The summed E-state index contributed by atoms with van der Waals surface area (Å²) in [6, 6.07) is 26.3. The maximum atomic E-state index is 14.5. The standard InChI is InChI=1S/C32H28N2O6S/c1-23-11-15-27(16-12-23)31(21-19-25-7-3-5-9-29(25)33(35)36)41(39,40)32(28-17-13-24(2)14-18-28)22-20-26-8-4-6-10-30(26)34(37)38/h3-22,31-32H,1-2H3/b21-19+,22-20+. The number of benzene rings is 4. The summed E-state index contributed by atoms with van der Waals surface area (Å²) in [5, 5.41) is 20.8. The van der Waals surface area contributed by atoms with Gasteiger partial charge in [-0.05, 0) is 37.1 Å². The first-order valence-corrected chi connectivity index (χ1v) is 14.4. The number of sulfone groups is 1. The van der Waals surface area contributed by atoms with Crippen molar-refractivity contribution in [1.29, 1.82) is 0 Å². The third-order valence-corrected chi connectivity index (χ3v) is 8.96. The summed E-state index contributed by atoms with van der Waals surface area (Å²) in [4.78, 5) is 22.1. The minimum absolute atomic E-state index is 0.143. The van der Waals surface area contributed by atoms with E-state index in [2.05, 4.69) is 0 Å². The minimum Gasteiger partial charge on any atom is -0.258 e. The maximum absolute atomic E-state index is 14.5. The summed E-state index contributed by atoms with van der Waals surface area (Å²) < 4.78 is 29.0. The van der Waals surface area contributed by atoms with Crippen LogP contribution in [0, 0.1) is 34.1 Å². The van der Waals surface area contributed by atoms with Gasteiger partial charge in [-0.1, -0.05) is 108 Å². The molecule has 8 nitrogen and oxygen atoms in total. The van der Waals surface area contributed by atoms with Crippen LogP contribution in [0.4, 0.5) is 11.4 Å². The van der Waals surface area contributed by atoms with Crippen molar-refractivity contribution in [2.24, 2.45) is 0 Å². The van der Waals surface area contributed by atoms with Crippen molar-refractivity contribution < 1.29 is 18.3 Å². The van der Waals surface area contributed by atoms with Gasteiger partial charge in [0.05, 0.1) is 21.0 Å². The fourth-order valence-corrected chi connectivity index (χ4v) is 6.45. The molecule has 4 aromatic rings. The third kappa shape index (κ3) is 6.82. The molecule has 0 aliphatic rings. The lowest BCUT2D eigenvalue weighted by Gasteiger charge is -2.22. The van der Waals surface area contributed by atoms with Crippen LogP contribution >= 0.6 is 0 Å². The second-order valence-corrected chi connectivity index (χ2v) is 11.8. The normalized spacial score (nSPS) is 13.3. The van der Waals surface area contributed by atoms with Crippen LogP contribution in [0.15, 0.2) is 109 Å². The van der Waals surface area contributed by atoms with Crippen molar-refractivity contribution in [2.75, 3.05) is 0 Å². The lowest BCUT2D eigenvalue weighted by atomic mass is 10.1. The van der Waals surface area contributed by atoms with Gasteiger partial charge in [-0.25, -0.2) is 8.42 Å². The van der Waals surface area contributed by atoms with Crippen LogP contribution in [0.25, 0.3) is 12.2 Å². The molecule has 9 heteroatoms. The number of aryl methyl sites for hydroxylation is 2. The number of nitro benzene ring substituents is 2. The second kappa shape index (κ2) is 12.5. The van der Waals surface area contributed by atoms with Gasteiger partial charge in [0, 0.05) is 12.1 Å². The summed E-state index contributed by atoms with van der Waals surface area (Å²) >= 11 is 0. The highest BCUT2D eigenvalue weighted by atomic mass is 32.2. The van der Waals surface area contributed by atoms with Gasteiger partial charge in [-0.2, -0.15) is 0 Å². The average molecular weight is 569 g/mol. The molecule has 0 heterocycles. The summed E-state index contributed by atoms with van der Waals surface area (Å²) in [6.45, 7) is 3.78. The number of rotatable bonds is 10. The Kier molecular flexibility index (Phi) is 8.89. The Balaban J connectivity index is 1.88. The fourth-order valence-electron chi connectivity index (χ4n) is 4.46. The number of hydrogen-bond donors (Lipinski definition) is 0. The summed E-state index contributed by atoms with van der Waals surface area (Å²) in [6.07, 6.45) is 5.83. The smallest absolute Gasteiger partial charge is 0.258 e. The van der Waals surface area contributed by atoms with Gasteiger partial charge in [-0.15, -0.1) is 0 Å². The van der Waals surface area contributed by atoms with Crippen molar-refractivity contribution in [2.45, 2.75) is 24.3 Å². The molecule has 208 valence electrons. The lowest BCUT2D eigenvalue weighted by Crippen LogP contribution is -2.19. The Bertz CT molecular complexity index is 1600. The molecule has 4 aromatic carbocycles. The average Bonchev–Trinajstić information content (AvgIpc) is 2.95. The highest BCUT2D eigenvalue weighted by molar-refractivity contribution is 7.92. The van der Waals surface area contributed by atoms with Crippen LogP contribution in [-0.4, -0.2) is 18.3 Å².